The van der Waals surface area contributed by atoms with E-state index in [0.29, 0.717) is 49.9 Å². The van der Waals surface area contributed by atoms with Crippen LogP contribution in [0.1, 0.15) is 178 Å². The fraction of sp³-hybridized carbons (Fsp3) is 0.679. The lowest BCUT2D eigenvalue weighted by atomic mass is 9.96. The summed E-state index contributed by atoms with van der Waals surface area (Å²) in [6.45, 7) is 22.0. The van der Waals surface area contributed by atoms with E-state index in [0.717, 1.165) is 17.6 Å². The van der Waals surface area contributed by atoms with Crippen LogP contribution in [0.25, 0.3) is 0 Å². The van der Waals surface area contributed by atoms with Crippen molar-refractivity contribution in [2.75, 3.05) is 74.7 Å². The Bertz CT molecular complexity index is 3460. The maximum atomic E-state index is 15.7. The van der Waals surface area contributed by atoms with E-state index in [1.54, 1.807) is 86.3 Å². The molecule has 2 saturated heterocycles. The summed E-state index contributed by atoms with van der Waals surface area (Å²) in [5.74, 6) is -11.3. The number of carbonyl (C=O) groups excluding carboxylic acids is 13. The zero-order chi connectivity index (χ0) is 80.5. The molecule has 2 fully saturated rings. The molecule has 13 amide bonds. The number of benzene rings is 2. The van der Waals surface area contributed by atoms with E-state index in [-0.39, 0.29) is 75.2 Å². The van der Waals surface area contributed by atoms with Gasteiger partial charge in [-0.05, 0) is 105 Å². The highest BCUT2D eigenvalue weighted by Crippen LogP contribution is 2.25. The molecule has 0 aliphatic carbocycles. The first-order valence-electron chi connectivity index (χ1n) is 38.1. The lowest BCUT2D eigenvalue weighted by molar-refractivity contribution is -0.151. The Morgan fingerprint density at radius 3 is 1.42 bits per heavy atom. The van der Waals surface area contributed by atoms with Gasteiger partial charge in [-0.2, -0.15) is 0 Å². The zero-order valence-corrected chi connectivity index (χ0v) is 67.8. The quantitative estimate of drug-likeness (QED) is 0.108. The third-order valence-corrected chi connectivity index (χ3v) is 20.5. The minimum absolute atomic E-state index is 0.0252. The summed E-state index contributed by atoms with van der Waals surface area (Å²) in [5, 5.41) is 11.5. The van der Waals surface area contributed by atoms with Crippen LogP contribution in [0.2, 0.25) is 0 Å². The number of hydrogen-bond donors (Lipinski definition) is 5. The second-order valence-electron chi connectivity index (χ2n) is 31.2. The minimum Gasteiger partial charge on any atom is -0.342 e. The van der Waals surface area contributed by atoms with Gasteiger partial charge in [-0.1, -0.05) is 150 Å². The number of likely N-dealkylation sites (tertiary alicyclic amines) is 1. The second kappa shape index (κ2) is 42.9. The number of amides is 13. The van der Waals surface area contributed by atoms with Gasteiger partial charge in [0.2, 0.25) is 86.8 Å². The molecule has 2 aliphatic rings. The predicted molar refractivity (Wildman–Crippen MR) is 409 cm³/mol. The van der Waals surface area contributed by atoms with Crippen LogP contribution in [0.15, 0.2) is 60.7 Å². The van der Waals surface area contributed by atoms with Crippen LogP contribution in [0.5, 0.6) is 0 Å². The molecule has 5 N–H and O–H groups in total. The number of unbranched alkanes of at least 4 members (excludes halogenated alkanes) is 1. The van der Waals surface area contributed by atoms with Crippen LogP contribution < -0.4 is 26.0 Å². The van der Waals surface area contributed by atoms with Crippen molar-refractivity contribution in [3.8, 4) is 0 Å². The molecular weight excluding hydrogens is 1390 g/mol. The maximum Gasteiger partial charge on any atom is 0.246 e. The molecule has 2 aromatic carbocycles. The second-order valence-corrected chi connectivity index (χ2v) is 32.9. The first-order chi connectivity index (χ1) is 50.1. The molecule has 29 heteroatoms. The molecule has 598 valence electrons. The predicted octanol–water partition coefficient (Wildman–Crippen LogP) is 4.52. The largest absolute Gasteiger partial charge is 0.342 e. The Hall–Kier alpha value is -8.50. The van der Waals surface area contributed by atoms with Crippen molar-refractivity contribution in [3.05, 3.63) is 71.8 Å². The lowest BCUT2D eigenvalue weighted by Gasteiger charge is -2.38. The van der Waals surface area contributed by atoms with Gasteiger partial charge in [0, 0.05) is 81.2 Å². The molecule has 10 atom stereocenters. The summed E-state index contributed by atoms with van der Waals surface area (Å²) in [5.41, 5.74) is 1.14. The number of rotatable bonds is 22. The van der Waals surface area contributed by atoms with Gasteiger partial charge in [-0.3, -0.25) is 67.1 Å². The smallest absolute Gasteiger partial charge is 0.246 e. The number of likely N-dealkylation sites (N-methyl/N-ethyl adjacent to an activating group) is 6. The molecule has 28 nitrogen and oxygen atoms in total. The summed E-state index contributed by atoms with van der Waals surface area (Å²) in [6.07, 6.45) is 2.13. The highest BCUT2D eigenvalue weighted by atomic mass is 32.2. The van der Waals surface area contributed by atoms with E-state index in [1.165, 1.54) is 71.7 Å². The van der Waals surface area contributed by atoms with E-state index in [9.17, 15) is 37.2 Å². The molecule has 4 rings (SSSR count). The molecule has 0 aromatic heterocycles. The number of nitrogens with one attached hydrogen (secondary N) is 5. The molecule has 107 heavy (non-hydrogen) atoms. The van der Waals surface area contributed by atoms with Crippen LogP contribution in [-0.2, 0) is 85.2 Å². The summed E-state index contributed by atoms with van der Waals surface area (Å²) in [7, 11) is 4.19. The van der Waals surface area contributed by atoms with Gasteiger partial charge < -0.3 is 60.5 Å². The van der Waals surface area contributed by atoms with Crippen LogP contribution in [0.3, 0.4) is 0 Å². The minimum atomic E-state index is -4.13. The van der Waals surface area contributed by atoms with Crippen molar-refractivity contribution in [1.29, 1.82) is 0 Å². The van der Waals surface area contributed by atoms with E-state index in [4.69, 9.17) is 0 Å². The average Bonchev–Trinajstić information content (AvgIpc) is 0.816. The van der Waals surface area contributed by atoms with Crippen molar-refractivity contribution < 1.29 is 70.7 Å². The van der Waals surface area contributed by atoms with Crippen LogP contribution >= 0.6 is 0 Å². The molecule has 0 saturated carbocycles. The zero-order valence-electron chi connectivity index (χ0n) is 67.0. The number of hydrogen-bond acceptors (Lipinski definition) is 15. The van der Waals surface area contributed by atoms with Crippen molar-refractivity contribution in [2.24, 2.45) is 29.6 Å². The van der Waals surface area contributed by atoms with Crippen molar-refractivity contribution >= 4 is 86.8 Å². The Kier molecular flexibility index (Phi) is 36.4. The highest BCUT2D eigenvalue weighted by molar-refractivity contribution is 7.89. The van der Waals surface area contributed by atoms with E-state index >= 15 is 33.6 Å². The molecule has 2 aromatic rings. The normalized spacial score (nSPS) is 24.0. The van der Waals surface area contributed by atoms with Gasteiger partial charge in [0.15, 0.2) is 0 Å². The third kappa shape index (κ3) is 27.6. The number of nitrogens with zero attached hydrogens (tertiary/aromatic N) is 8. The van der Waals surface area contributed by atoms with Crippen molar-refractivity contribution in [1.82, 2.24) is 65.2 Å². The van der Waals surface area contributed by atoms with Crippen LogP contribution in [-0.4, -0.2) is 260 Å². The molecular formula is C78H125N13O15S. The summed E-state index contributed by atoms with van der Waals surface area (Å²) >= 11 is 0. The first kappa shape index (κ1) is 90.9. The monoisotopic (exact) mass is 1520 g/mol. The van der Waals surface area contributed by atoms with Crippen molar-refractivity contribution in [3.63, 3.8) is 0 Å². The fourth-order valence-electron chi connectivity index (χ4n) is 13.9. The molecule has 2 aliphatic heterocycles. The van der Waals surface area contributed by atoms with Crippen molar-refractivity contribution in [2.45, 2.75) is 240 Å². The van der Waals surface area contributed by atoms with E-state index in [2.05, 4.69) is 21.3 Å². The van der Waals surface area contributed by atoms with E-state index in [1.807, 2.05) is 67.0 Å². The summed E-state index contributed by atoms with van der Waals surface area (Å²) in [6, 6.07) is 3.55. The molecule has 1 unspecified atom stereocenters. The number of carbonyl (C=O) groups is 13. The molecule has 0 radical (unpaired) electrons. The van der Waals surface area contributed by atoms with Gasteiger partial charge in [-0.25, -0.2) is 8.42 Å². The lowest BCUT2D eigenvalue weighted by Crippen LogP contribution is -2.62. The Balaban J connectivity index is 2.06. The van der Waals surface area contributed by atoms with E-state index < -0.39 is 179 Å². The summed E-state index contributed by atoms with van der Waals surface area (Å²) in [4.78, 5) is 206. The Morgan fingerprint density at radius 2 is 0.925 bits per heavy atom. The molecule has 0 bridgehead atoms. The first-order valence-corrected chi connectivity index (χ1v) is 40.0. The third-order valence-electron chi connectivity index (χ3n) is 19.9. The van der Waals surface area contributed by atoms with Gasteiger partial charge >= 0.3 is 0 Å². The molecule has 2 heterocycles. The van der Waals surface area contributed by atoms with Crippen LogP contribution in [0, 0.1) is 29.6 Å². The topological polar surface area (TPSA) is 342 Å². The SMILES string of the molecule is CCCCN1CC(=O)N(C)[C@@H](C(C)C)C(=O)N[C@H](C(=O)N2CCCCC2)CC(=O)N(C)[C@@H](CC)C(=O)N[C@@H](CC(C)C)C(=O)N(C)[C@@H](CC(C)C)C(=O)N(C)[C@@H](Cc2ccccc2)C(=O)NC(CCC(=O)NS(C)(=O)=O)C(=O)N(C)[C@@H](Cc2ccccc2)C(=O)N(C)[C@@H](CC(C)C)C(=O)N[C@@H](CC(C)C)C1=O. The van der Waals surface area contributed by atoms with Gasteiger partial charge in [0.05, 0.1) is 19.2 Å². The van der Waals surface area contributed by atoms with Gasteiger partial charge in [-0.15, -0.1) is 0 Å². The number of piperidine rings is 1. The number of sulfonamides is 1. The van der Waals surface area contributed by atoms with Gasteiger partial charge in [0.25, 0.3) is 0 Å². The van der Waals surface area contributed by atoms with Crippen LogP contribution in [0.4, 0.5) is 0 Å². The standard InChI is InChI=1S/C78H125N13O15S/c1-20-22-38-91-48-67(94)89(18)68(53(11)12)72(98)82-59(75(101)90-39-30-25-31-40-90)47-66(93)84(13)60(21-2)69(95)80-57(41-49(3)4)74(100)87(16)63(44-52(9)10)77(103)86(15)62(45-54-32-26-23-27-33-54)71(97)79-56(36-37-65(92)83-107(19,105)106)73(99)88(17)64(46-55-34-28-24-29-35-55)78(104)85(14)61(43-51(7)8)70(96)81-58(76(91)102)42-50(5)6/h23-24,26-29,32-35,49-53,56-64,68H,20-22,25,30-31,36-48H2,1-19H3,(H,79,97)(H,80,95)(H,81,96)(H,82,98)(H,83,92)/t56?,57-,58-,59-,60-,61-,62-,63-,64-,68-/m0/s1. The maximum absolute atomic E-state index is 15.7. The molecule has 0 spiro atoms. The Morgan fingerprint density at radius 1 is 0.486 bits per heavy atom. The Labute approximate surface area is 635 Å². The van der Waals surface area contributed by atoms with Gasteiger partial charge in [0.1, 0.15) is 60.4 Å². The highest BCUT2D eigenvalue weighted by Gasteiger charge is 2.44. The average molecular weight is 1520 g/mol. The summed E-state index contributed by atoms with van der Waals surface area (Å²) < 4.78 is 26.7. The fourth-order valence-corrected chi connectivity index (χ4v) is 14.4.